The van der Waals surface area contributed by atoms with Crippen LogP contribution in [0, 0.1) is 0 Å². The van der Waals surface area contributed by atoms with Crippen LogP contribution in [0.3, 0.4) is 0 Å². The number of imide groups is 1. The molecule has 2 amide bonds. The lowest BCUT2D eigenvalue weighted by atomic mass is 10.4. The predicted molar refractivity (Wildman–Crippen MR) is 28.2 cm³/mol. The molecule has 0 atom stereocenters. The van der Waals surface area contributed by atoms with Crippen LogP contribution in [0.25, 0.3) is 0 Å². The molecule has 0 aromatic carbocycles. The largest absolute Gasteiger partial charge is 0.342 e. The van der Waals surface area contributed by atoms with Crippen LogP contribution in [-0.4, -0.2) is 22.8 Å². The second-order valence-electron chi connectivity index (χ2n) is 1.85. The van der Waals surface area contributed by atoms with E-state index >= 15 is 0 Å². The Bertz CT molecular complexity index is 210. The molecule has 0 radical (unpaired) electrons. The van der Waals surface area contributed by atoms with Crippen LogP contribution in [0.5, 0.6) is 0 Å². The van der Waals surface area contributed by atoms with E-state index in [1.54, 1.807) is 0 Å². The van der Waals surface area contributed by atoms with Gasteiger partial charge in [-0.3, -0.25) is 9.59 Å². The highest BCUT2D eigenvalue weighted by Gasteiger charge is 2.32. The Labute approximate surface area is 56.5 Å². The van der Waals surface area contributed by atoms with Gasteiger partial charge in [-0.25, -0.2) is 4.79 Å². The van der Waals surface area contributed by atoms with E-state index in [9.17, 15) is 14.4 Å². The predicted octanol–water partition coefficient (Wildman–Crippen LogP) is -0.777. The van der Waals surface area contributed by atoms with E-state index in [0.717, 1.165) is 6.92 Å². The van der Waals surface area contributed by atoms with E-state index in [4.69, 9.17) is 0 Å². The molecular weight excluding hydrogens is 138 g/mol. The van der Waals surface area contributed by atoms with Crippen molar-refractivity contribution in [2.24, 2.45) is 0 Å². The minimum atomic E-state index is -0.680. The van der Waals surface area contributed by atoms with Crippen LogP contribution in [0.15, 0.2) is 0 Å². The van der Waals surface area contributed by atoms with Gasteiger partial charge < -0.3 is 4.84 Å². The molecule has 1 rings (SSSR count). The monoisotopic (exact) mass is 143 g/mol. The molecule has 0 aromatic heterocycles. The van der Waals surface area contributed by atoms with Crippen molar-refractivity contribution in [3.63, 3.8) is 0 Å². The Morgan fingerprint density at radius 1 is 1.60 bits per heavy atom. The summed E-state index contributed by atoms with van der Waals surface area (Å²) in [6, 6.07) is 0. The van der Waals surface area contributed by atoms with Gasteiger partial charge in [-0.05, 0) is 0 Å². The summed E-state index contributed by atoms with van der Waals surface area (Å²) in [6.07, 6.45) is -0.334. The third kappa shape index (κ3) is 0.975. The summed E-state index contributed by atoms with van der Waals surface area (Å²) < 4.78 is 0. The summed E-state index contributed by atoms with van der Waals surface area (Å²) in [4.78, 5) is 35.6. The zero-order chi connectivity index (χ0) is 7.72. The first-order valence-electron chi connectivity index (χ1n) is 2.65. The molecular formula is C5H5NO4. The van der Waals surface area contributed by atoms with E-state index in [1.165, 1.54) is 0 Å². The van der Waals surface area contributed by atoms with E-state index in [0.29, 0.717) is 5.06 Å². The molecule has 0 saturated carbocycles. The van der Waals surface area contributed by atoms with Crippen molar-refractivity contribution in [1.82, 2.24) is 5.06 Å². The lowest BCUT2D eigenvalue weighted by Gasteiger charge is -2.05. The first-order valence-corrected chi connectivity index (χ1v) is 2.65. The quantitative estimate of drug-likeness (QED) is 0.417. The Hall–Kier alpha value is -1.39. The Morgan fingerprint density at radius 3 is 2.40 bits per heavy atom. The number of hydrogen-bond acceptors (Lipinski definition) is 4. The van der Waals surface area contributed by atoms with Gasteiger partial charge in [-0.2, -0.15) is 0 Å². The first-order chi connectivity index (χ1) is 4.61. The van der Waals surface area contributed by atoms with E-state index in [2.05, 4.69) is 4.84 Å². The standard InChI is InChI=1S/C5H5NO4/c1-3(7)6-4(8)2-5(9)10-6/h2H2,1H3. The first kappa shape index (κ1) is 6.73. The summed E-state index contributed by atoms with van der Waals surface area (Å²) in [5.41, 5.74) is 0. The van der Waals surface area contributed by atoms with E-state index in [1.807, 2.05) is 0 Å². The van der Waals surface area contributed by atoms with Crippen molar-refractivity contribution in [2.75, 3.05) is 0 Å². The Morgan fingerprint density at radius 2 is 2.20 bits per heavy atom. The average Bonchev–Trinajstić information content (AvgIpc) is 2.10. The van der Waals surface area contributed by atoms with Crippen LogP contribution < -0.4 is 0 Å². The normalized spacial score (nSPS) is 17.5. The second-order valence-corrected chi connectivity index (χ2v) is 1.85. The van der Waals surface area contributed by atoms with Crippen molar-refractivity contribution in [3.05, 3.63) is 0 Å². The number of nitrogens with zero attached hydrogens (tertiary/aromatic N) is 1. The van der Waals surface area contributed by atoms with Crippen LogP contribution in [-0.2, 0) is 19.2 Å². The Kier molecular flexibility index (Phi) is 1.41. The molecule has 5 nitrogen and oxygen atoms in total. The Balaban J connectivity index is 2.72. The van der Waals surface area contributed by atoms with E-state index in [-0.39, 0.29) is 6.42 Å². The van der Waals surface area contributed by atoms with Gasteiger partial charge in [0.1, 0.15) is 6.42 Å². The lowest BCUT2D eigenvalue weighted by molar-refractivity contribution is -0.185. The molecule has 0 unspecified atom stereocenters. The highest BCUT2D eigenvalue weighted by molar-refractivity contribution is 6.05. The fourth-order valence-corrected chi connectivity index (χ4v) is 0.620. The number of amides is 2. The fraction of sp³-hybridized carbons (Fsp3) is 0.400. The molecule has 10 heavy (non-hydrogen) atoms. The summed E-state index contributed by atoms with van der Waals surface area (Å²) in [5, 5.41) is 0.461. The topological polar surface area (TPSA) is 63.7 Å². The van der Waals surface area contributed by atoms with Gasteiger partial charge in [0.25, 0.3) is 11.8 Å². The van der Waals surface area contributed by atoms with Crippen molar-refractivity contribution in [2.45, 2.75) is 13.3 Å². The summed E-state index contributed by atoms with van der Waals surface area (Å²) in [5.74, 6) is -1.85. The molecule has 0 aromatic rings. The molecule has 1 fully saturated rings. The van der Waals surface area contributed by atoms with Gasteiger partial charge >= 0.3 is 5.97 Å². The SMILES string of the molecule is CC(=O)N1OC(=O)CC1=O. The highest BCUT2D eigenvalue weighted by Crippen LogP contribution is 2.07. The van der Waals surface area contributed by atoms with Gasteiger partial charge in [0, 0.05) is 6.92 Å². The maximum absolute atomic E-state index is 10.6. The molecule has 1 aliphatic rings. The third-order valence-electron chi connectivity index (χ3n) is 1.00. The van der Waals surface area contributed by atoms with Gasteiger partial charge in [-0.15, -0.1) is 5.06 Å². The average molecular weight is 143 g/mol. The highest BCUT2D eigenvalue weighted by atomic mass is 16.7. The number of carbonyl (C=O) groups excluding carboxylic acids is 3. The summed E-state index contributed by atoms with van der Waals surface area (Å²) in [7, 11) is 0. The molecule has 5 heteroatoms. The van der Waals surface area contributed by atoms with Crippen molar-refractivity contribution < 1.29 is 19.2 Å². The summed E-state index contributed by atoms with van der Waals surface area (Å²) >= 11 is 0. The van der Waals surface area contributed by atoms with Crippen LogP contribution in [0.2, 0.25) is 0 Å². The molecule has 1 saturated heterocycles. The van der Waals surface area contributed by atoms with Gasteiger partial charge in [-0.1, -0.05) is 0 Å². The molecule has 54 valence electrons. The zero-order valence-electron chi connectivity index (χ0n) is 5.29. The molecule has 1 heterocycles. The van der Waals surface area contributed by atoms with E-state index < -0.39 is 17.8 Å². The number of hydroxylamine groups is 2. The molecule has 0 N–H and O–H groups in total. The molecule has 1 aliphatic heterocycles. The van der Waals surface area contributed by atoms with Gasteiger partial charge in [0.15, 0.2) is 0 Å². The summed E-state index contributed by atoms with van der Waals surface area (Å²) in [6.45, 7) is 1.15. The third-order valence-corrected chi connectivity index (χ3v) is 1.00. The number of carbonyl (C=O) groups is 3. The minimum Gasteiger partial charge on any atom is -0.330 e. The van der Waals surface area contributed by atoms with Crippen LogP contribution >= 0.6 is 0 Å². The van der Waals surface area contributed by atoms with Gasteiger partial charge in [0.2, 0.25) is 0 Å². The van der Waals surface area contributed by atoms with Gasteiger partial charge in [0.05, 0.1) is 0 Å². The molecule has 0 aliphatic carbocycles. The van der Waals surface area contributed by atoms with Crippen molar-refractivity contribution in [1.29, 1.82) is 0 Å². The van der Waals surface area contributed by atoms with Crippen molar-refractivity contribution >= 4 is 17.8 Å². The van der Waals surface area contributed by atoms with Crippen LogP contribution in [0.4, 0.5) is 0 Å². The lowest BCUT2D eigenvalue weighted by Crippen LogP contribution is -2.28. The maximum Gasteiger partial charge on any atom is 0.342 e. The minimum absolute atomic E-state index is 0.334. The molecule has 0 spiro atoms. The fourth-order valence-electron chi connectivity index (χ4n) is 0.620. The maximum atomic E-state index is 10.6. The van der Waals surface area contributed by atoms with Crippen molar-refractivity contribution in [3.8, 4) is 0 Å². The zero-order valence-corrected chi connectivity index (χ0v) is 5.29. The number of hydrogen-bond donors (Lipinski definition) is 0. The molecule has 0 bridgehead atoms. The van der Waals surface area contributed by atoms with Crippen LogP contribution in [0.1, 0.15) is 13.3 Å². The second kappa shape index (κ2) is 2.09. The number of rotatable bonds is 0. The smallest absolute Gasteiger partial charge is 0.330 e.